The third-order valence-electron chi connectivity index (χ3n) is 3.68. The third kappa shape index (κ3) is 1.92. The van der Waals surface area contributed by atoms with Gasteiger partial charge in [-0.05, 0) is 17.7 Å². The highest BCUT2D eigenvalue weighted by atomic mass is 15.1. The Kier molecular flexibility index (Phi) is 2.89. The molecule has 0 aromatic heterocycles. The summed E-state index contributed by atoms with van der Waals surface area (Å²) in [5.74, 6) is 0.463. The standard InChI is InChI=1S/C17H17N/c1-18(15-10-3-2-4-11-15)17-13-7-9-14-8-5-6-12-16(14)17/h2-13,16-17H,1H3. The van der Waals surface area contributed by atoms with Gasteiger partial charge in [0, 0.05) is 18.7 Å². The Bertz CT molecular complexity index is 534. The second kappa shape index (κ2) is 4.69. The number of anilines is 1. The number of fused-ring (bicyclic) bond motifs is 1. The Balaban J connectivity index is 1.89. The molecule has 2 unspecified atom stereocenters. The summed E-state index contributed by atoms with van der Waals surface area (Å²) < 4.78 is 0. The molecule has 2 aliphatic carbocycles. The summed E-state index contributed by atoms with van der Waals surface area (Å²) in [5.41, 5.74) is 2.66. The van der Waals surface area contributed by atoms with Gasteiger partial charge in [0.05, 0.1) is 6.04 Å². The molecule has 1 aromatic carbocycles. The molecule has 0 N–H and O–H groups in total. The molecule has 0 fully saturated rings. The molecule has 1 nitrogen and oxygen atoms in total. The van der Waals surface area contributed by atoms with E-state index < -0.39 is 0 Å². The van der Waals surface area contributed by atoms with Crippen LogP contribution in [0.4, 0.5) is 5.69 Å². The van der Waals surface area contributed by atoms with Crippen LogP contribution in [0.15, 0.2) is 78.4 Å². The van der Waals surface area contributed by atoms with Crippen LogP contribution in [0.1, 0.15) is 0 Å². The fraction of sp³-hybridized carbons (Fsp3) is 0.176. The minimum absolute atomic E-state index is 0.397. The van der Waals surface area contributed by atoms with Gasteiger partial charge in [-0.15, -0.1) is 0 Å². The highest BCUT2D eigenvalue weighted by Gasteiger charge is 2.26. The van der Waals surface area contributed by atoms with E-state index in [4.69, 9.17) is 0 Å². The zero-order valence-corrected chi connectivity index (χ0v) is 10.5. The van der Waals surface area contributed by atoms with Crippen molar-refractivity contribution in [2.24, 2.45) is 5.92 Å². The molecule has 0 amide bonds. The van der Waals surface area contributed by atoms with E-state index in [1.165, 1.54) is 11.3 Å². The Morgan fingerprint density at radius 1 is 0.944 bits per heavy atom. The van der Waals surface area contributed by atoms with Crippen LogP contribution in [0.5, 0.6) is 0 Å². The fourth-order valence-electron chi connectivity index (χ4n) is 2.66. The third-order valence-corrected chi connectivity index (χ3v) is 3.68. The van der Waals surface area contributed by atoms with Gasteiger partial charge in [-0.3, -0.25) is 0 Å². The molecule has 0 bridgehead atoms. The average Bonchev–Trinajstić information content (AvgIpc) is 2.47. The summed E-state index contributed by atoms with van der Waals surface area (Å²) in [4.78, 5) is 2.34. The predicted molar refractivity (Wildman–Crippen MR) is 77.6 cm³/mol. The van der Waals surface area contributed by atoms with Crippen LogP contribution in [0.3, 0.4) is 0 Å². The molecule has 18 heavy (non-hydrogen) atoms. The SMILES string of the molecule is CN(c1ccccc1)C1C=CC=C2C=CC=CC21. The number of para-hydroxylation sites is 1. The molecular formula is C17H17N. The maximum absolute atomic E-state index is 2.34. The van der Waals surface area contributed by atoms with Crippen molar-refractivity contribution in [2.75, 3.05) is 11.9 Å². The first-order chi connectivity index (χ1) is 8.86. The molecule has 1 aromatic rings. The van der Waals surface area contributed by atoms with Gasteiger partial charge < -0.3 is 4.90 Å². The Morgan fingerprint density at radius 2 is 1.78 bits per heavy atom. The largest absolute Gasteiger partial charge is 0.367 e. The number of likely N-dealkylation sites (N-methyl/N-ethyl adjacent to an activating group) is 1. The molecule has 0 spiro atoms. The number of rotatable bonds is 2. The van der Waals surface area contributed by atoms with E-state index in [1.807, 2.05) is 0 Å². The molecule has 0 heterocycles. The summed E-state index contributed by atoms with van der Waals surface area (Å²) in [6.45, 7) is 0. The average molecular weight is 235 g/mol. The van der Waals surface area contributed by atoms with E-state index in [0.717, 1.165) is 0 Å². The zero-order valence-electron chi connectivity index (χ0n) is 10.5. The van der Waals surface area contributed by atoms with Gasteiger partial charge in [0.1, 0.15) is 0 Å². The monoisotopic (exact) mass is 235 g/mol. The second-order valence-corrected chi connectivity index (χ2v) is 4.76. The molecule has 90 valence electrons. The predicted octanol–water partition coefficient (Wildman–Crippen LogP) is 3.73. The molecular weight excluding hydrogens is 218 g/mol. The summed E-state index contributed by atoms with van der Waals surface area (Å²) in [6.07, 6.45) is 15.4. The van der Waals surface area contributed by atoms with Gasteiger partial charge in [-0.25, -0.2) is 0 Å². The molecule has 2 aliphatic rings. The van der Waals surface area contributed by atoms with Crippen LogP contribution in [-0.2, 0) is 0 Å². The minimum Gasteiger partial charge on any atom is -0.367 e. The van der Waals surface area contributed by atoms with Crippen molar-refractivity contribution in [2.45, 2.75) is 6.04 Å². The van der Waals surface area contributed by atoms with Crippen molar-refractivity contribution in [3.8, 4) is 0 Å². The first-order valence-electron chi connectivity index (χ1n) is 6.37. The van der Waals surface area contributed by atoms with Gasteiger partial charge in [0.2, 0.25) is 0 Å². The van der Waals surface area contributed by atoms with E-state index in [-0.39, 0.29) is 0 Å². The van der Waals surface area contributed by atoms with Gasteiger partial charge in [0.25, 0.3) is 0 Å². The first kappa shape index (κ1) is 11.1. The van der Waals surface area contributed by atoms with E-state index in [0.29, 0.717) is 12.0 Å². The number of benzene rings is 1. The molecule has 2 atom stereocenters. The number of hydrogen-bond donors (Lipinski definition) is 0. The molecule has 0 saturated heterocycles. The van der Waals surface area contributed by atoms with Crippen molar-refractivity contribution in [1.82, 2.24) is 0 Å². The zero-order chi connectivity index (χ0) is 12.4. The maximum atomic E-state index is 2.34. The van der Waals surface area contributed by atoms with Gasteiger partial charge in [0.15, 0.2) is 0 Å². The van der Waals surface area contributed by atoms with Crippen molar-refractivity contribution in [3.05, 3.63) is 78.4 Å². The summed E-state index contributed by atoms with van der Waals surface area (Å²) >= 11 is 0. The molecule has 0 aliphatic heterocycles. The van der Waals surface area contributed by atoms with Gasteiger partial charge in [-0.2, -0.15) is 0 Å². The van der Waals surface area contributed by atoms with Crippen LogP contribution in [0, 0.1) is 5.92 Å². The van der Waals surface area contributed by atoms with Gasteiger partial charge in [-0.1, -0.05) is 60.7 Å². The van der Waals surface area contributed by atoms with E-state index >= 15 is 0 Å². The van der Waals surface area contributed by atoms with E-state index in [2.05, 4.69) is 84.8 Å². The van der Waals surface area contributed by atoms with Crippen LogP contribution in [0.25, 0.3) is 0 Å². The number of allylic oxidation sites excluding steroid dienone is 5. The fourth-order valence-corrected chi connectivity index (χ4v) is 2.66. The second-order valence-electron chi connectivity index (χ2n) is 4.76. The van der Waals surface area contributed by atoms with Crippen molar-refractivity contribution in [1.29, 1.82) is 0 Å². The minimum atomic E-state index is 0.397. The molecule has 0 saturated carbocycles. The summed E-state index contributed by atoms with van der Waals surface area (Å²) in [6, 6.07) is 11.0. The van der Waals surface area contributed by atoms with E-state index in [9.17, 15) is 0 Å². The van der Waals surface area contributed by atoms with Crippen molar-refractivity contribution < 1.29 is 0 Å². The Labute approximate surface area is 108 Å². The van der Waals surface area contributed by atoms with E-state index in [1.54, 1.807) is 0 Å². The lowest BCUT2D eigenvalue weighted by Gasteiger charge is -2.36. The maximum Gasteiger partial charge on any atom is 0.0576 e. The van der Waals surface area contributed by atoms with Crippen LogP contribution in [0.2, 0.25) is 0 Å². The molecule has 1 heteroatoms. The van der Waals surface area contributed by atoms with Crippen LogP contribution >= 0.6 is 0 Å². The first-order valence-corrected chi connectivity index (χ1v) is 6.37. The van der Waals surface area contributed by atoms with Crippen molar-refractivity contribution in [3.63, 3.8) is 0 Å². The van der Waals surface area contributed by atoms with Gasteiger partial charge >= 0.3 is 0 Å². The number of hydrogen-bond acceptors (Lipinski definition) is 1. The smallest absolute Gasteiger partial charge is 0.0576 e. The summed E-state index contributed by atoms with van der Waals surface area (Å²) in [5, 5.41) is 0. The number of nitrogens with zero attached hydrogens (tertiary/aromatic N) is 1. The normalized spacial score (nSPS) is 24.6. The summed E-state index contributed by atoms with van der Waals surface area (Å²) in [7, 11) is 2.17. The lowest BCUT2D eigenvalue weighted by atomic mass is 9.83. The Hall–Kier alpha value is -2.02. The molecule has 0 radical (unpaired) electrons. The highest BCUT2D eigenvalue weighted by molar-refractivity contribution is 5.51. The Morgan fingerprint density at radius 3 is 2.61 bits per heavy atom. The highest BCUT2D eigenvalue weighted by Crippen LogP contribution is 2.31. The topological polar surface area (TPSA) is 3.24 Å². The quantitative estimate of drug-likeness (QED) is 0.755. The van der Waals surface area contributed by atoms with Crippen LogP contribution in [-0.4, -0.2) is 13.1 Å². The lowest BCUT2D eigenvalue weighted by molar-refractivity contribution is 0.621. The molecule has 3 rings (SSSR count). The lowest BCUT2D eigenvalue weighted by Crippen LogP contribution is -2.37. The van der Waals surface area contributed by atoms with Crippen molar-refractivity contribution >= 4 is 5.69 Å². The van der Waals surface area contributed by atoms with Crippen LogP contribution < -0.4 is 4.90 Å².